The van der Waals surface area contributed by atoms with Crippen LogP contribution < -0.4 is 0 Å². The Morgan fingerprint density at radius 3 is 2.43 bits per heavy atom. The number of hydrogen-bond donors (Lipinski definition) is 0. The first-order valence-electron chi connectivity index (χ1n) is 10.7. The zero-order chi connectivity index (χ0) is 19.9. The molecule has 0 radical (unpaired) electrons. The van der Waals surface area contributed by atoms with Crippen LogP contribution in [0.5, 0.6) is 0 Å². The number of amides is 1. The molecule has 5 fully saturated rings. The van der Waals surface area contributed by atoms with Crippen LogP contribution in [0.25, 0.3) is 0 Å². The fourth-order valence-electron chi connectivity index (χ4n) is 6.47. The van der Waals surface area contributed by atoms with Crippen LogP contribution in [-0.2, 0) is 23.9 Å². The van der Waals surface area contributed by atoms with E-state index in [4.69, 9.17) is 9.47 Å². The monoisotopic (exact) mass is 455 g/mol. The number of hydrogen-bond acceptors (Lipinski definition) is 5. The van der Waals surface area contributed by atoms with E-state index in [1.807, 2.05) is 0 Å². The first-order valence-corrected chi connectivity index (χ1v) is 11.5. The Labute approximate surface area is 174 Å². The first-order chi connectivity index (χ1) is 13.3. The Morgan fingerprint density at radius 2 is 1.79 bits per heavy atom. The second-order valence-electron chi connectivity index (χ2n) is 9.32. The van der Waals surface area contributed by atoms with Crippen molar-refractivity contribution in [3.05, 3.63) is 0 Å². The number of esters is 2. The Morgan fingerprint density at radius 1 is 1.07 bits per heavy atom. The van der Waals surface area contributed by atoms with Gasteiger partial charge in [0.25, 0.3) is 5.91 Å². The second kappa shape index (κ2) is 7.62. The Kier molecular flexibility index (Phi) is 5.49. The molecule has 6 nitrogen and oxygen atoms in total. The predicted octanol–water partition coefficient (Wildman–Crippen LogP) is 3.21. The summed E-state index contributed by atoms with van der Waals surface area (Å²) in [6.07, 6.45) is 8.46. The number of piperidine rings is 1. The van der Waals surface area contributed by atoms with Gasteiger partial charge in [0.05, 0.1) is 12.0 Å². The molecule has 0 aromatic rings. The smallest absolute Gasteiger partial charge is 0.328 e. The summed E-state index contributed by atoms with van der Waals surface area (Å²) in [6.45, 7) is 2.29. The minimum absolute atomic E-state index is 0.0714. The minimum atomic E-state index is -0.551. The predicted molar refractivity (Wildman–Crippen MR) is 106 cm³/mol. The van der Waals surface area contributed by atoms with Gasteiger partial charge >= 0.3 is 11.9 Å². The molecule has 3 atom stereocenters. The molecule has 4 bridgehead atoms. The van der Waals surface area contributed by atoms with Crippen molar-refractivity contribution in [3.63, 3.8) is 0 Å². The second-order valence-corrected chi connectivity index (χ2v) is 11.0. The van der Waals surface area contributed by atoms with Crippen molar-refractivity contribution in [1.82, 2.24) is 4.90 Å². The average Bonchev–Trinajstić information content (AvgIpc) is 2.64. The van der Waals surface area contributed by atoms with E-state index >= 15 is 0 Å². The van der Waals surface area contributed by atoms with E-state index in [9.17, 15) is 14.4 Å². The van der Waals surface area contributed by atoms with E-state index in [1.54, 1.807) is 11.8 Å². The SMILES string of the molecule is CCOC(=O)C1CCCCN1C(=O)COC(=O)C12CC3CC(CC(Br)(C3)C1)C2. The van der Waals surface area contributed by atoms with E-state index in [1.165, 1.54) is 6.42 Å². The van der Waals surface area contributed by atoms with Crippen LogP contribution in [0.2, 0.25) is 0 Å². The van der Waals surface area contributed by atoms with Crippen molar-refractivity contribution in [3.8, 4) is 0 Å². The third kappa shape index (κ3) is 3.71. The van der Waals surface area contributed by atoms with Gasteiger partial charge in [-0.05, 0) is 76.5 Å². The summed E-state index contributed by atoms with van der Waals surface area (Å²) in [5.41, 5.74) is -0.434. The lowest BCUT2D eigenvalue weighted by molar-refractivity contribution is -0.174. The maximum atomic E-state index is 13.0. The molecular formula is C21H30BrNO5. The quantitative estimate of drug-likeness (QED) is 0.469. The van der Waals surface area contributed by atoms with Crippen LogP contribution in [0.3, 0.4) is 0 Å². The lowest BCUT2D eigenvalue weighted by atomic mass is 9.49. The molecule has 4 aliphatic carbocycles. The number of rotatable bonds is 5. The molecule has 5 aliphatic rings. The molecule has 0 aromatic carbocycles. The molecule has 1 aliphatic heterocycles. The molecule has 1 amide bonds. The molecule has 0 spiro atoms. The first kappa shape index (κ1) is 20.2. The number of alkyl halides is 1. The molecule has 7 heteroatoms. The van der Waals surface area contributed by atoms with Crippen LogP contribution in [0.1, 0.15) is 64.7 Å². The fourth-order valence-corrected chi connectivity index (χ4v) is 7.92. The number of likely N-dealkylation sites (tertiary alicyclic amines) is 1. The average molecular weight is 456 g/mol. The largest absolute Gasteiger partial charge is 0.464 e. The summed E-state index contributed by atoms with van der Waals surface area (Å²) in [5, 5.41) is 0. The zero-order valence-electron chi connectivity index (χ0n) is 16.6. The maximum absolute atomic E-state index is 13.0. The van der Waals surface area contributed by atoms with Gasteiger partial charge in [-0.2, -0.15) is 0 Å². The molecule has 0 aromatic heterocycles. The van der Waals surface area contributed by atoms with Gasteiger partial charge in [0, 0.05) is 10.9 Å². The molecule has 1 saturated heterocycles. The van der Waals surface area contributed by atoms with Crippen LogP contribution >= 0.6 is 15.9 Å². The normalized spacial score (nSPS) is 38.9. The lowest BCUT2D eigenvalue weighted by Gasteiger charge is -2.58. The summed E-state index contributed by atoms with van der Waals surface area (Å²) in [6, 6.07) is -0.551. The Bertz CT molecular complexity index is 651. The highest BCUT2D eigenvalue weighted by molar-refractivity contribution is 9.10. The number of ether oxygens (including phenoxy) is 2. The maximum Gasteiger partial charge on any atom is 0.328 e. The molecule has 4 saturated carbocycles. The highest BCUT2D eigenvalue weighted by atomic mass is 79.9. The highest BCUT2D eigenvalue weighted by Gasteiger charge is 2.60. The molecule has 5 rings (SSSR count). The summed E-state index contributed by atoms with van der Waals surface area (Å²) in [4.78, 5) is 39.5. The van der Waals surface area contributed by atoms with Crippen molar-refractivity contribution in [2.75, 3.05) is 19.8 Å². The zero-order valence-corrected chi connectivity index (χ0v) is 18.2. The fraction of sp³-hybridized carbons (Fsp3) is 0.857. The standard InChI is InChI=1S/C21H30BrNO5/c1-2-27-18(25)16-5-3-4-6-23(16)17(24)12-28-19(26)20-8-14-7-15(9-20)11-21(22,10-14)13-20/h14-16H,2-13H2,1H3. The molecule has 3 unspecified atom stereocenters. The van der Waals surface area contributed by atoms with Crippen LogP contribution in [0.15, 0.2) is 0 Å². The van der Waals surface area contributed by atoms with E-state index in [0.717, 1.165) is 44.9 Å². The Balaban J connectivity index is 1.38. The van der Waals surface area contributed by atoms with Crippen molar-refractivity contribution < 1.29 is 23.9 Å². The molecule has 0 N–H and O–H groups in total. The number of nitrogens with zero attached hydrogens (tertiary/aromatic N) is 1. The molecular weight excluding hydrogens is 426 g/mol. The van der Waals surface area contributed by atoms with Crippen molar-refractivity contribution in [1.29, 1.82) is 0 Å². The third-order valence-electron chi connectivity index (χ3n) is 7.13. The third-order valence-corrected chi connectivity index (χ3v) is 8.06. The number of carbonyl (C=O) groups excluding carboxylic acids is 3. The van der Waals surface area contributed by atoms with Gasteiger partial charge in [-0.3, -0.25) is 9.59 Å². The number of carbonyl (C=O) groups is 3. The van der Waals surface area contributed by atoms with Crippen molar-refractivity contribution in [2.24, 2.45) is 17.3 Å². The lowest BCUT2D eigenvalue weighted by Crippen LogP contribution is -2.56. The topological polar surface area (TPSA) is 72.9 Å². The van der Waals surface area contributed by atoms with Gasteiger partial charge in [-0.15, -0.1) is 0 Å². The van der Waals surface area contributed by atoms with Gasteiger partial charge in [-0.1, -0.05) is 15.9 Å². The summed E-state index contributed by atoms with van der Waals surface area (Å²) in [7, 11) is 0. The summed E-state index contributed by atoms with van der Waals surface area (Å²) >= 11 is 3.91. The number of halogens is 1. The minimum Gasteiger partial charge on any atom is -0.464 e. The van der Waals surface area contributed by atoms with E-state index in [2.05, 4.69) is 15.9 Å². The van der Waals surface area contributed by atoms with E-state index in [-0.39, 0.29) is 28.8 Å². The van der Waals surface area contributed by atoms with Crippen LogP contribution in [0, 0.1) is 17.3 Å². The van der Waals surface area contributed by atoms with Crippen molar-refractivity contribution >= 4 is 33.8 Å². The Hall–Kier alpha value is -1.11. The summed E-state index contributed by atoms with van der Waals surface area (Å²) in [5.74, 6) is 0.301. The van der Waals surface area contributed by atoms with Crippen LogP contribution in [0.4, 0.5) is 0 Å². The van der Waals surface area contributed by atoms with Gasteiger partial charge in [-0.25, -0.2) is 4.79 Å². The summed E-state index contributed by atoms with van der Waals surface area (Å²) < 4.78 is 10.8. The molecule has 28 heavy (non-hydrogen) atoms. The van der Waals surface area contributed by atoms with Gasteiger partial charge in [0.15, 0.2) is 6.61 Å². The van der Waals surface area contributed by atoms with E-state index < -0.39 is 11.5 Å². The highest BCUT2D eigenvalue weighted by Crippen LogP contribution is 2.64. The van der Waals surface area contributed by atoms with Gasteiger partial charge in [0.2, 0.25) is 0 Å². The molecule has 156 valence electrons. The van der Waals surface area contributed by atoms with Gasteiger partial charge < -0.3 is 14.4 Å². The molecule has 1 heterocycles. The van der Waals surface area contributed by atoms with Crippen LogP contribution in [-0.4, -0.2) is 52.9 Å². The van der Waals surface area contributed by atoms with Gasteiger partial charge in [0.1, 0.15) is 6.04 Å². The van der Waals surface area contributed by atoms with Crippen molar-refractivity contribution in [2.45, 2.75) is 75.1 Å². The van der Waals surface area contributed by atoms with E-state index in [0.29, 0.717) is 31.4 Å².